The Morgan fingerprint density at radius 3 is 2.68 bits per heavy atom. The fourth-order valence-corrected chi connectivity index (χ4v) is 2.28. The molecule has 5 heteroatoms. The van der Waals surface area contributed by atoms with E-state index in [1.807, 2.05) is 39.0 Å². The molecule has 0 radical (unpaired) electrons. The number of rotatable bonds is 3. The van der Waals surface area contributed by atoms with E-state index in [4.69, 9.17) is 4.74 Å². The Kier molecular flexibility index (Phi) is 4.28. The molecule has 4 nitrogen and oxygen atoms in total. The van der Waals surface area contributed by atoms with E-state index in [1.165, 1.54) is 5.06 Å². The first kappa shape index (κ1) is 14.5. The largest absolute Gasteiger partial charge is 0.368 e. The highest BCUT2D eigenvalue weighted by atomic mass is 79.9. The second-order valence-electron chi connectivity index (χ2n) is 5.64. The van der Waals surface area contributed by atoms with Crippen LogP contribution in [0.5, 0.6) is 0 Å². The summed E-state index contributed by atoms with van der Waals surface area (Å²) in [5, 5.41) is 11.4. The van der Waals surface area contributed by atoms with Crippen molar-refractivity contribution in [3.05, 3.63) is 35.0 Å². The lowest BCUT2D eigenvalue weighted by Gasteiger charge is -2.26. The van der Waals surface area contributed by atoms with Crippen LogP contribution in [0.25, 0.3) is 0 Å². The quantitative estimate of drug-likeness (QED) is 0.681. The van der Waals surface area contributed by atoms with Crippen LogP contribution in [0.4, 0.5) is 5.82 Å². The molecule has 1 N–H and O–H groups in total. The van der Waals surface area contributed by atoms with Crippen LogP contribution in [0.1, 0.15) is 27.2 Å². The van der Waals surface area contributed by atoms with Gasteiger partial charge in [-0.25, -0.2) is 10.0 Å². The third-order valence-corrected chi connectivity index (χ3v) is 3.26. The van der Waals surface area contributed by atoms with Gasteiger partial charge >= 0.3 is 0 Å². The number of ether oxygens (including phenoxy) is 1. The lowest BCUT2D eigenvalue weighted by Crippen LogP contribution is -2.33. The third-order valence-electron chi connectivity index (χ3n) is 2.79. The molecule has 104 valence electrons. The molecular formula is C14H19BrN2O2. The summed E-state index contributed by atoms with van der Waals surface area (Å²) in [4.78, 5) is 4.18. The van der Waals surface area contributed by atoms with Crippen molar-refractivity contribution in [1.29, 1.82) is 0 Å². The van der Waals surface area contributed by atoms with Crippen molar-refractivity contribution in [2.24, 2.45) is 0 Å². The molecule has 0 amide bonds. The molecule has 0 saturated carbocycles. The first-order valence-corrected chi connectivity index (χ1v) is 7.10. The van der Waals surface area contributed by atoms with Gasteiger partial charge in [-0.1, -0.05) is 12.2 Å². The summed E-state index contributed by atoms with van der Waals surface area (Å²) in [6, 6.07) is 3.53. The molecule has 2 rings (SSSR count). The minimum Gasteiger partial charge on any atom is -0.368 e. The number of aromatic nitrogens is 1. The van der Waals surface area contributed by atoms with Crippen molar-refractivity contribution >= 4 is 21.7 Å². The van der Waals surface area contributed by atoms with Gasteiger partial charge < -0.3 is 4.74 Å². The average Bonchev–Trinajstić information content (AvgIpc) is 2.75. The summed E-state index contributed by atoms with van der Waals surface area (Å²) < 4.78 is 6.77. The highest BCUT2D eigenvalue weighted by Crippen LogP contribution is 2.25. The van der Waals surface area contributed by atoms with Gasteiger partial charge in [-0.3, -0.25) is 5.21 Å². The van der Waals surface area contributed by atoms with E-state index in [9.17, 15) is 5.21 Å². The van der Waals surface area contributed by atoms with Gasteiger partial charge in [0.2, 0.25) is 0 Å². The smallest absolute Gasteiger partial charge is 0.152 e. The second-order valence-corrected chi connectivity index (χ2v) is 6.55. The van der Waals surface area contributed by atoms with Gasteiger partial charge in [0, 0.05) is 17.1 Å². The molecule has 0 aliphatic heterocycles. The van der Waals surface area contributed by atoms with E-state index in [2.05, 4.69) is 20.9 Å². The summed E-state index contributed by atoms with van der Waals surface area (Å²) in [6.45, 7) is 6.09. The Hall–Kier alpha value is -0.910. The zero-order chi connectivity index (χ0) is 14.0. The van der Waals surface area contributed by atoms with Crippen LogP contribution < -0.4 is 5.06 Å². The van der Waals surface area contributed by atoms with Crippen LogP contribution in [0.15, 0.2) is 35.0 Å². The fraction of sp³-hybridized carbons (Fsp3) is 0.500. The number of anilines is 1. The first-order valence-electron chi connectivity index (χ1n) is 6.31. The van der Waals surface area contributed by atoms with Crippen molar-refractivity contribution in [3.8, 4) is 0 Å². The predicted molar refractivity (Wildman–Crippen MR) is 78.4 cm³/mol. The maximum Gasteiger partial charge on any atom is 0.152 e. The number of hydrogen-bond acceptors (Lipinski definition) is 4. The summed E-state index contributed by atoms with van der Waals surface area (Å²) in [6.07, 6.45) is 6.39. The van der Waals surface area contributed by atoms with Crippen LogP contribution in [-0.2, 0) is 4.74 Å². The summed E-state index contributed by atoms with van der Waals surface area (Å²) in [5.74, 6) is 0.536. The zero-order valence-electron chi connectivity index (χ0n) is 11.4. The standard InChI is InChI=1S/C14H19BrN2O2/c1-14(2,3)19-12-6-5-11(8-12)17(18)13-7-4-10(15)9-16-13/h4-7,9,11-12,18H,8H2,1-3H3/t11-,12-/m0/s1. The third kappa shape index (κ3) is 4.03. The van der Waals surface area contributed by atoms with E-state index in [-0.39, 0.29) is 17.7 Å². The van der Waals surface area contributed by atoms with Gasteiger partial charge in [0.05, 0.1) is 17.7 Å². The molecule has 0 bridgehead atoms. The minimum absolute atomic E-state index is 0.0371. The van der Waals surface area contributed by atoms with Gasteiger partial charge in [0.15, 0.2) is 5.82 Å². The first-order chi connectivity index (χ1) is 8.85. The van der Waals surface area contributed by atoms with Crippen molar-refractivity contribution in [2.45, 2.75) is 44.9 Å². The molecule has 1 aliphatic carbocycles. The minimum atomic E-state index is -0.181. The van der Waals surface area contributed by atoms with E-state index in [0.29, 0.717) is 5.82 Å². The second kappa shape index (κ2) is 5.61. The Balaban J connectivity index is 1.97. The van der Waals surface area contributed by atoms with Crippen molar-refractivity contribution in [3.63, 3.8) is 0 Å². The Morgan fingerprint density at radius 1 is 1.37 bits per heavy atom. The normalized spacial score (nSPS) is 22.8. The monoisotopic (exact) mass is 326 g/mol. The zero-order valence-corrected chi connectivity index (χ0v) is 13.0. The average molecular weight is 327 g/mol. The molecule has 1 aromatic rings. The molecule has 1 aromatic heterocycles. The van der Waals surface area contributed by atoms with Gasteiger partial charge in [-0.05, 0) is 48.8 Å². The lowest BCUT2D eigenvalue weighted by molar-refractivity contribution is -0.0400. The molecule has 0 spiro atoms. The highest BCUT2D eigenvalue weighted by Gasteiger charge is 2.28. The maximum absolute atomic E-state index is 10.2. The molecule has 1 heterocycles. The van der Waals surface area contributed by atoms with Crippen LogP contribution >= 0.6 is 15.9 Å². The van der Waals surface area contributed by atoms with Crippen LogP contribution in [-0.4, -0.2) is 27.9 Å². The molecule has 1 aliphatic rings. The van der Waals surface area contributed by atoms with Gasteiger partial charge in [0.1, 0.15) is 0 Å². The van der Waals surface area contributed by atoms with E-state index in [1.54, 1.807) is 12.3 Å². The predicted octanol–water partition coefficient (Wildman–Crippen LogP) is 3.55. The molecule has 0 aromatic carbocycles. The number of nitrogens with zero attached hydrogens (tertiary/aromatic N) is 2. The fourth-order valence-electron chi connectivity index (χ4n) is 2.04. The summed E-state index contributed by atoms with van der Waals surface area (Å²) >= 11 is 3.32. The topological polar surface area (TPSA) is 45.6 Å². The van der Waals surface area contributed by atoms with Crippen molar-refractivity contribution in [2.75, 3.05) is 5.06 Å². The van der Waals surface area contributed by atoms with Gasteiger partial charge in [0.25, 0.3) is 0 Å². The molecule has 19 heavy (non-hydrogen) atoms. The Morgan fingerprint density at radius 2 is 2.11 bits per heavy atom. The van der Waals surface area contributed by atoms with Crippen LogP contribution in [0, 0.1) is 0 Å². The van der Waals surface area contributed by atoms with Gasteiger partial charge in [-0.2, -0.15) is 0 Å². The molecular weight excluding hydrogens is 308 g/mol. The van der Waals surface area contributed by atoms with E-state index >= 15 is 0 Å². The molecule has 0 unspecified atom stereocenters. The number of halogens is 1. The lowest BCUT2D eigenvalue weighted by atomic mass is 10.1. The summed E-state index contributed by atoms with van der Waals surface area (Å²) in [7, 11) is 0. The van der Waals surface area contributed by atoms with E-state index in [0.717, 1.165) is 10.9 Å². The van der Waals surface area contributed by atoms with Gasteiger partial charge in [-0.15, -0.1) is 0 Å². The number of hydrogen-bond donors (Lipinski definition) is 1. The SMILES string of the molecule is CC(C)(C)O[C@H]1C=C[C@H](N(O)c2ccc(Br)cn2)C1. The Labute approximate surface area is 122 Å². The Bertz CT molecular complexity index is 454. The van der Waals surface area contributed by atoms with Crippen molar-refractivity contribution < 1.29 is 9.94 Å². The number of pyridine rings is 1. The van der Waals surface area contributed by atoms with E-state index < -0.39 is 0 Å². The summed E-state index contributed by atoms with van der Waals surface area (Å²) in [5.41, 5.74) is -0.181. The van der Waals surface area contributed by atoms with Crippen LogP contribution in [0.2, 0.25) is 0 Å². The maximum atomic E-state index is 10.2. The molecule has 2 atom stereocenters. The highest BCUT2D eigenvalue weighted by molar-refractivity contribution is 9.10. The molecule has 0 saturated heterocycles. The van der Waals surface area contributed by atoms with Crippen LogP contribution in [0.3, 0.4) is 0 Å². The number of hydroxylamine groups is 1. The molecule has 0 fully saturated rings. The van der Waals surface area contributed by atoms with Crippen molar-refractivity contribution in [1.82, 2.24) is 4.98 Å².